The molecule has 0 bridgehead atoms. The van der Waals surface area contributed by atoms with Crippen LogP contribution >= 0.6 is 11.3 Å². The summed E-state index contributed by atoms with van der Waals surface area (Å²) in [7, 11) is 0. The van der Waals surface area contributed by atoms with Gasteiger partial charge in [-0.2, -0.15) is 0 Å². The zero-order valence-corrected chi connectivity index (χ0v) is 11.6. The van der Waals surface area contributed by atoms with Crippen LogP contribution in [-0.2, 0) is 13.1 Å². The van der Waals surface area contributed by atoms with E-state index in [9.17, 15) is 13.6 Å². The molecule has 2 N–H and O–H groups in total. The van der Waals surface area contributed by atoms with E-state index in [-0.39, 0.29) is 17.0 Å². The summed E-state index contributed by atoms with van der Waals surface area (Å²) in [6.45, 7) is 2.42. The number of hydrogen-bond acceptors (Lipinski definition) is 3. The molecule has 0 unspecified atom stereocenters. The van der Waals surface area contributed by atoms with Gasteiger partial charge in [0, 0.05) is 23.5 Å². The smallest absolute Gasteiger partial charge is 0.345 e. The van der Waals surface area contributed by atoms with Crippen LogP contribution in [0.4, 0.5) is 8.78 Å². The van der Waals surface area contributed by atoms with Crippen LogP contribution in [0.25, 0.3) is 0 Å². The number of carbonyl (C=O) groups is 1. The third-order valence-corrected chi connectivity index (χ3v) is 3.95. The molecule has 2 aromatic rings. The highest BCUT2D eigenvalue weighted by Gasteiger charge is 2.11. The number of hydrogen-bond donors (Lipinski definition) is 2. The minimum Gasteiger partial charge on any atom is -0.477 e. The van der Waals surface area contributed by atoms with Gasteiger partial charge in [0.2, 0.25) is 0 Å². The van der Waals surface area contributed by atoms with Crippen LogP contribution in [0.5, 0.6) is 0 Å². The van der Waals surface area contributed by atoms with Gasteiger partial charge in [0.05, 0.1) is 0 Å². The standard InChI is InChI=1S/C14H13F2NO2S/c1-8-9(5-13(20-8)14(18)19)6-17-7-10-4-11(15)2-3-12(10)16/h2-5,17H,6-7H2,1H3,(H,18,19). The van der Waals surface area contributed by atoms with Crippen LogP contribution in [0, 0.1) is 18.6 Å². The first-order valence-electron chi connectivity index (χ1n) is 5.94. The maximum Gasteiger partial charge on any atom is 0.345 e. The van der Waals surface area contributed by atoms with Gasteiger partial charge >= 0.3 is 5.97 Å². The first-order valence-corrected chi connectivity index (χ1v) is 6.76. The third kappa shape index (κ3) is 3.40. The summed E-state index contributed by atoms with van der Waals surface area (Å²) in [4.78, 5) is 12.0. The Bertz CT molecular complexity index is 640. The molecule has 0 amide bonds. The van der Waals surface area contributed by atoms with Gasteiger partial charge < -0.3 is 10.4 Å². The van der Waals surface area contributed by atoms with Gasteiger partial charge in [0.1, 0.15) is 16.5 Å². The Balaban J connectivity index is 1.99. The Morgan fingerprint density at radius 3 is 2.60 bits per heavy atom. The van der Waals surface area contributed by atoms with Gasteiger partial charge in [0.15, 0.2) is 0 Å². The van der Waals surface area contributed by atoms with Gasteiger partial charge in [-0.1, -0.05) is 0 Å². The summed E-state index contributed by atoms with van der Waals surface area (Å²) in [5.74, 6) is -1.91. The zero-order valence-electron chi connectivity index (χ0n) is 10.7. The minimum atomic E-state index is -0.958. The largest absolute Gasteiger partial charge is 0.477 e. The molecule has 0 aliphatic rings. The van der Waals surface area contributed by atoms with Crippen molar-refractivity contribution in [3.05, 3.63) is 56.8 Å². The van der Waals surface area contributed by atoms with Gasteiger partial charge in [-0.25, -0.2) is 13.6 Å². The topological polar surface area (TPSA) is 49.3 Å². The number of halogens is 2. The second kappa shape index (κ2) is 6.11. The second-order valence-electron chi connectivity index (χ2n) is 4.34. The zero-order chi connectivity index (χ0) is 14.7. The summed E-state index contributed by atoms with van der Waals surface area (Å²) in [5.41, 5.74) is 1.10. The molecule has 0 radical (unpaired) electrons. The highest BCUT2D eigenvalue weighted by atomic mass is 32.1. The fourth-order valence-corrected chi connectivity index (χ4v) is 2.69. The quantitative estimate of drug-likeness (QED) is 0.890. The van der Waals surface area contributed by atoms with E-state index in [1.165, 1.54) is 11.3 Å². The van der Waals surface area contributed by atoms with Crippen molar-refractivity contribution in [2.45, 2.75) is 20.0 Å². The summed E-state index contributed by atoms with van der Waals surface area (Å²) in [6, 6.07) is 4.90. The predicted octanol–water partition coefficient (Wildman–Crippen LogP) is 3.32. The van der Waals surface area contributed by atoms with E-state index in [0.29, 0.717) is 6.54 Å². The van der Waals surface area contributed by atoms with Crippen LogP contribution in [0.2, 0.25) is 0 Å². The maximum atomic E-state index is 13.4. The number of carboxylic acids is 1. The number of aromatic carboxylic acids is 1. The average molecular weight is 297 g/mol. The van der Waals surface area contributed by atoms with E-state index < -0.39 is 17.6 Å². The normalized spacial score (nSPS) is 10.8. The minimum absolute atomic E-state index is 0.182. The first kappa shape index (κ1) is 14.6. The number of rotatable bonds is 5. The number of thiophene rings is 1. The van der Waals surface area contributed by atoms with Crippen molar-refractivity contribution >= 4 is 17.3 Å². The number of carboxylic acid groups (broad SMARTS) is 1. The Labute approximate surface area is 118 Å². The second-order valence-corrected chi connectivity index (χ2v) is 5.59. The Kier molecular flexibility index (Phi) is 4.46. The molecule has 1 aromatic carbocycles. The Hall–Kier alpha value is -1.79. The summed E-state index contributed by atoms with van der Waals surface area (Å²) >= 11 is 1.20. The molecule has 6 heteroatoms. The van der Waals surface area contributed by atoms with Crippen molar-refractivity contribution in [1.29, 1.82) is 0 Å². The van der Waals surface area contributed by atoms with E-state index >= 15 is 0 Å². The maximum absolute atomic E-state index is 13.4. The molecule has 0 saturated carbocycles. The molecule has 0 aliphatic heterocycles. The van der Waals surface area contributed by atoms with Crippen LogP contribution in [0.15, 0.2) is 24.3 Å². The fraction of sp³-hybridized carbons (Fsp3) is 0.214. The predicted molar refractivity (Wildman–Crippen MR) is 72.9 cm³/mol. The SMILES string of the molecule is Cc1sc(C(=O)O)cc1CNCc1cc(F)ccc1F. The van der Waals surface area contributed by atoms with Crippen molar-refractivity contribution in [2.24, 2.45) is 0 Å². The van der Waals surface area contributed by atoms with Crippen molar-refractivity contribution < 1.29 is 18.7 Å². The summed E-state index contributed by atoms with van der Waals surface area (Å²) < 4.78 is 26.4. The van der Waals surface area contributed by atoms with Gasteiger partial charge in [-0.15, -0.1) is 11.3 Å². The third-order valence-electron chi connectivity index (χ3n) is 2.87. The lowest BCUT2D eigenvalue weighted by molar-refractivity contribution is 0.0702. The molecule has 2 rings (SSSR count). The molecule has 3 nitrogen and oxygen atoms in total. The van der Waals surface area contributed by atoms with Crippen LogP contribution in [-0.4, -0.2) is 11.1 Å². The van der Waals surface area contributed by atoms with Crippen LogP contribution in [0.1, 0.15) is 25.7 Å². The van der Waals surface area contributed by atoms with Gasteiger partial charge in [0.25, 0.3) is 0 Å². The Morgan fingerprint density at radius 1 is 1.25 bits per heavy atom. The number of nitrogens with one attached hydrogen (secondary N) is 1. The van der Waals surface area contributed by atoms with E-state index in [1.807, 2.05) is 6.92 Å². The molecule has 20 heavy (non-hydrogen) atoms. The van der Waals surface area contributed by atoms with Crippen molar-refractivity contribution in [3.63, 3.8) is 0 Å². The Morgan fingerprint density at radius 2 is 1.95 bits per heavy atom. The van der Waals surface area contributed by atoms with Gasteiger partial charge in [-0.05, 0) is 36.8 Å². The van der Waals surface area contributed by atoms with E-state index in [4.69, 9.17) is 5.11 Å². The molecule has 0 spiro atoms. The molecular formula is C14H13F2NO2S. The van der Waals surface area contributed by atoms with E-state index in [1.54, 1.807) is 6.07 Å². The molecule has 0 fully saturated rings. The monoisotopic (exact) mass is 297 g/mol. The molecule has 0 saturated heterocycles. The van der Waals surface area contributed by atoms with Crippen molar-refractivity contribution in [3.8, 4) is 0 Å². The first-order chi connectivity index (χ1) is 9.47. The molecule has 0 atom stereocenters. The lowest BCUT2D eigenvalue weighted by atomic mass is 10.2. The van der Waals surface area contributed by atoms with Gasteiger partial charge in [-0.3, -0.25) is 0 Å². The van der Waals surface area contributed by atoms with Crippen molar-refractivity contribution in [2.75, 3.05) is 0 Å². The fourth-order valence-electron chi connectivity index (χ4n) is 1.81. The summed E-state index contributed by atoms with van der Waals surface area (Å²) in [5, 5.41) is 11.9. The van der Waals surface area contributed by atoms with Crippen molar-refractivity contribution in [1.82, 2.24) is 5.32 Å². The lowest BCUT2D eigenvalue weighted by Crippen LogP contribution is -2.14. The average Bonchev–Trinajstić information content (AvgIpc) is 2.76. The molecule has 1 aromatic heterocycles. The van der Waals surface area contributed by atoms with Crippen LogP contribution in [0.3, 0.4) is 0 Å². The molecule has 1 heterocycles. The lowest BCUT2D eigenvalue weighted by Gasteiger charge is -2.06. The number of benzene rings is 1. The molecule has 106 valence electrons. The van der Waals surface area contributed by atoms with Crippen LogP contribution < -0.4 is 5.32 Å². The number of aryl methyl sites for hydroxylation is 1. The van der Waals surface area contributed by atoms with E-state index in [2.05, 4.69) is 5.32 Å². The summed E-state index contributed by atoms with van der Waals surface area (Å²) in [6.07, 6.45) is 0. The van der Waals surface area contributed by atoms with E-state index in [0.717, 1.165) is 28.6 Å². The molecular weight excluding hydrogens is 284 g/mol. The molecule has 0 aliphatic carbocycles. The highest BCUT2D eigenvalue weighted by molar-refractivity contribution is 7.14. The highest BCUT2D eigenvalue weighted by Crippen LogP contribution is 2.21.